The third kappa shape index (κ3) is 3.95. The molecule has 0 saturated heterocycles. The predicted octanol–water partition coefficient (Wildman–Crippen LogP) is 0.717. The van der Waals surface area contributed by atoms with Crippen LogP contribution in [0.5, 0.6) is 5.75 Å². The first-order chi connectivity index (χ1) is 10.5. The van der Waals surface area contributed by atoms with Gasteiger partial charge < -0.3 is 10.8 Å². The number of para-hydroxylation sites is 1. The number of phenolic OH excluding ortho intramolecular Hbond substituents is 1. The van der Waals surface area contributed by atoms with E-state index in [-0.39, 0.29) is 22.2 Å². The molecule has 0 aliphatic carbocycles. The maximum Gasteiger partial charge on any atom is 0.275 e. The van der Waals surface area contributed by atoms with Gasteiger partial charge in [0.2, 0.25) is 5.91 Å². The van der Waals surface area contributed by atoms with Crippen LogP contribution in [0.3, 0.4) is 0 Å². The average Bonchev–Trinajstić information content (AvgIpc) is 2.45. The van der Waals surface area contributed by atoms with Crippen molar-refractivity contribution in [1.29, 1.82) is 0 Å². The van der Waals surface area contributed by atoms with Crippen molar-refractivity contribution < 1.29 is 9.90 Å². The Morgan fingerprint density at radius 3 is 2.91 bits per heavy atom. The van der Waals surface area contributed by atoms with Gasteiger partial charge in [0.15, 0.2) is 5.16 Å². The molecule has 114 valence electrons. The number of hydrogen-bond donors (Lipinski definition) is 2. The molecule has 1 heterocycles. The summed E-state index contributed by atoms with van der Waals surface area (Å²) in [5.74, 6) is -0.482. The van der Waals surface area contributed by atoms with Crippen LogP contribution >= 0.6 is 11.8 Å². The Morgan fingerprint density at radius 2 is 2.23 bits per heavy atom. The second-order valence-corrected chi connectivity index (χ2v) is 5.33. The van der Waals surface area contributed by atoms with Crippen LogP contribution in [0, 0.1) is 6.92 Å². The van der Waals surface area contributed by atoms with Crippen molar-refractivity contribution in [3.63, 3.8) is 0 Å². The molecule has 0 bridgehead atoms. The number of benzene rings is 1. The van der Waals surface area contributed by atoms with Crippen molar-refractivity contribution in [3.05, 3.63) is 51.9 Å². The molecule has 1 aromatic carbocycles. The molecule has 0 saturated carbocycles. The Labute approximate surface area is 130 Å². The van der Waals surface area contributed by atoms with Gasteiger partial charge >= 0.3 is 0 Å². The Kier molecular flexibility index (Phi) is 4.95. The molecule has 3 N–H and O–H groups in total. The first-order valence-electron chi connectivity index (χ1n) is 6.31. The van der Waals surface area contributed by atoms with E-state index in [1.54, 1.807) is 25.1 Å². The molecule has 0 radical (unpaired) electrons. The summed E-state index contributed by atoms with van der Waals surface area (Å²) >= 11 is 1.02. The van der Waals surface area contributed by atoms with E-state index in [9.17, 15) is 14.7 Å². The van der Waals surface area contributed by atoms with Gasteiger partial charge in [0.25, 0.3) is 5.56 Å². The van der Waals surface area contributed by atoms with Crippen LogP contribution in [-0.2, 0) is 4.79 Å². The van der Waals surface area contributed by atoms with E-state index in [0.717, 1.165) is 16.4 Å². The summed E-state index contributed by atoms with van der Waals surface area (Å²) in [7, 11) is 0. The zero-order valence-electron chi connectivity index (χ0n) is 11.8. The lowest BCUT2D eigenvalue weighted by Crippen LogP contribution is -2.21. The van der Waals surface area contributed by atoms with E-state index in [1.165, 1.54) is 18.3 Å². The number of phenols is 1. The van der Waals surface area contributed by atoms with Crippen LogP contribution in [0.1, 0.15) is 11.3 Å². The van der Waals surface area contributed by atoms with Gasteiger partial charge in [-0.2, -0.15) is 9.78 Å². The Balaban J connectivity index is 2.39. The topological polar surface area (TPSA) is 111 Å². The molecule has 7 nitrogen and oxygen atoms in total. The lowest BCUT2D eigenvalue weighted by Gasteiger charge is -2.06. The van der Waals surface area contributed by atoms with Crippen LogP contribution in [0.15, 0.2) is 45.4 Å². The second-order valence-electron chi connectivity index (χ2n) is 4.39. The maximum absolute atomic E-state index is 12.0. The SMILES string of the molecule is Cc1cc(=O)n(/N=C/c2ccccc2O)c(SCC(N)=O)n1. The van der Waals surface area contributed by atoms with Crippen LogP contribution < -0.4 is 11.3 Å². The van der Waals surface area contributed by atoms with Gasteiger partial charge in [-0.15, -0.1) is 0 Å². The number of nitrogens with two attached hydrogens (primary N) is 1. The molecule has 0 aliphatic heterocycles. The van der Waals surface area contributed by atoms with Crippen LogP contribution in [0.2, 0.25) is 0 Å². The molecule has 0 spiro atoms. The number of thioether (sulfide) groups is 1. The van der Waals surface area contributed by atoms with Gasteiger partial charge in [-0.05, 0) is 19.1 Å². The number of aromatic hydroxyl groups is 1. The Bertz CT molecular complexity index is 786. The number of aryl methyl sites for hydroxylation is 1. The first-order valence-corrected chi connectivity index (χ1v) is 7.30. The highest BCUT2D eigenvalue weighted by atomic mass is 32.2. The highest BCUT2D eigenvalue weighted by Gasteiger charge is 2.08. The van der Waals surface area contributed by atoms with Crippen LogP contribution in [0.4, 0.5) is 0 Å². The highest BCUT2D eigenvalue weighted by Crippen LogP contribution is 2.15. The largest absolute Gasteiger partial charge is 0.507 e. The number of carbonyl (C=O) groups excluding carboxylic acids is 1. The Hall–Kier alpha value is -2.61. The summed E-state index contributed by atoms with van der Waals surface area (Å²) in [6.07, 6.45) is 1.35. The molecule has 0 unspecified atom stereocenters. The second kappa shape index (κ2) is 6.90. The minimum absolute atomic E-state index is 0.0119. The zero-order chi connectivity index (χ0) is 16.1. The Morgan fingerprint density at radius 1 is 1.50 bits per heavy atom. The summed E-state index contributed by atoms with van der Waals surface area (Å²) < 4.78 is 1.06. The number of amides is 1. The van der Waals surface area contributed by atoms with Crippen LogP contribution in [0.25, 0.3) is 0 Å². The summed E-state index contributed by atoms with van der Waals surface area (Å²) in [5.41, 5.74) is 5.70. The molecule has 0 atom stereocenters. The summed E-state index contributed by atoms with van der Waals surface area (Å²) in [4.78, 5) is 27.1. The number of primary amides is 1. The number of rotatable bonds is 5. The number of carbonyl (C=O) groups is 1. The van der Waals surface area contributed by atoms with E-state index in [1.807, 2.05) is 0 Å². The summed E-state index contributed by atoms with van der Waals surface area (Å²) in [6, 6.07) is 7.92. The fourth-order valence-electron chi connectivity index (χ4n) is 1.62. The normalized spacial score (nSPS) is 11.0. The molecule has 1 amide bonds. The predicted molar refractivity (Wildman–Crippen MR) is 84.3 cm³/mol. The number of hydrogen-bond acceptors (Lipinski definition) is 6. The zero-order valence-corrected chi connectivity index (χ0v) is 12.6. The summed E-state index contributed by atoms with van der Waals surface area (Å²) in [6.45, 7) is 1.67. The highest BCUT2D eigenvalue weighted by molar-refractivity contribution is 7.99. The molecular weight excluding hydrogens is 304 g/mol. The van der Waals surface area contributed by atoms with Crippen molar-refractivity contribution in [3.8, 4) is 5.75 Å². The van der Waals surface area contributed by atoms with Gasteiger partial charge in [-0.1, -0.05) is 23.9 Å². The molecule has 0 fully saturated rings. The van der Waals surface area contributed by atoms with E-state index in [0.29, 0.717) is 11.3 Å². The monoisotopic (exact) mass is 318 g/mol. The van der Waals surface area contributed by atoms with Gasteiger partial charge in [-0.25, -0.2) is 4.98 Å². The molecule has 8 heteroatoms. The van der Waals surface area contributed by atoms with Crippen molar-refractivity contribution in [2.75, 3.05) is 5.75 Å². The third-order valence-electron chi connectivity index (χ3n) is 2.59. The average molecular weight is 318 g/mol. The number of aromatic nitrogens is 2. The van der Waals surface area contributed by atoms with E-state index in [4.69, 9.17) is 5.73 Å². The first kappa shape index (κ1) is 15.8. The van der Waals surface area contributed by atoms with Gasteiger partial charge in [-0.3, -0.25) is 9.59 Å². The fraction of sp³-hybridized carbons (Fsp3) is 0.143. The standard InChI is InChI=1S/C14H14N4O3S/c1-9-6-13(21)18(14(17-9)22-8-12(15)20)16-7-10-4-2-3-5-11(10)19/h2-7,19H,8H2,1H3,(H2,15,20)/b16-7+. The third-order valence-corrected chi connectivity index (χ3v) is 3.54. The van der Waals surface area contributed by atoms with E-state index in [2.05, 4.69) is 10.1 Å². The summed E-state index contributed by atoms with van der Waals surface area (Å²) in [5, 5.41) is 14.0. The van der Waals surface area contributed by atoms with Crippen molar-refractivity contribution >= 4 is 23.9 Å². The molecule has 1 aromatic heterocycles. The molecule has 0 aliphatic rings. The van der Waals surface area contributed by atoms with Gasteiger partial charge in [0.1, 0.15) is 5.75 Å². The maximum atomic E-state index is 12.0. The van der Waals surface area contributed by atoms with Gasteiger partial charge in [0.05, 0.1) is 12.0 Å². The lowest BCUT2D eigenvalue weighted by atomic mass is 10.2. The van der Waals surface area contributed by atoms with Crippen LogP contribution in [-0.4, -0.2) is 32.6 Å². The van der Waals surface area contributed by atoms with Crippen molar-refractivity contribution in [2.45, 2.75) is 12.1 Å². The minimum atomic E-state index is -0.517. The minimum Gasteiger partial charge on any atom is -0.507 e. The lowest BCUT2D eigenvalue weighted by molar-refractivity contribution is -0.115. The number of nitrogens with zero attached hydrogens (tertiary/aromatic N) is 3. The van der Waals surface area contributed by atoms with Crippen molar-refractivity contribution in [2.24, 2.45) is 10.8 Å². The molecule has 22 heavy (non-hydrogen) atoms. The van der Waals surface area contributed by atoms with Gasteiger partial charge in [0, 0.05) is 17.3 Å². The van der Waals surface area contributed by atoms with E-state index >= 15 is 0 Å². The van der Waals surface area contributed by atoms with E-state index < -0.39 is 5.91 Å². The molecule has 2 aromatic rings. The van der Waals surface area contributed by atoms with Crippen molar-refractivity contribution in [1.82, 2.24) is 9.66 Å². The molecular formula is C14H14N4O3S. The smallest absolute Gasteiger partial charge is 0.275 e. The molecule has 2 rings (SSSR count). The fourth-order valence-corrected chi connectivity index (χ4v) is 2.36. The quantitative estimate of drug-likeness (QED) is 0.479.